The summed E-state index contributed by atoms with van der Waals surface area (Å²) in [5.41, 5.74) is 6.80. The van der Waals surface area contributed by atoms with Gasteiger partial charge in [0.25, 0.3) is 0 Å². The molecule has 0 bridgehead atoms. The van der Waals surface area contributed by atoms with Gasteiger partial charge in [0.15, 0.2) is 0 Å². The van der Waals surface area contributed by atoms with Crippen molar-refractivity contribution in [3.05, 3.63) is 63.1 Å². The van der Waals surface area contributed by atoms with Gasteiger partial charge in [-0.1, -0.05) is 30.3 Å². The number of rotatable bonds is 2. The molecule has 0 saturated carbocycles. The summed E-state index contributed by atoms with van der Waals surface area (Å²) < 4.78 is 1.16. The third-order valence-electron chi connectivity index (χ3n) is 4.12. The minimum atomic E-state index is 0.428. The van der Waals surface area contributed by atoms with Crippen LogP contribution < -0.4 is 5.32 Å². The van der Waals surface area contributed by atoms with Crippen LogP contribution in [0.3, 0.4) is 0 Å². The van der Waals surface area contributed by atoms with Gasteiger partial charge in [-0.3, -0.25) is 0 Å². The molecular weight excluding hydrogens is 310 g/mol. The summed E-state index contributed by atoms with van der Waals surface area (Å²) in [5.74, 6) is 0. The number of nitrogens with one attached hydrogen (secondary N) is 1. The Bertz CT molecular complexity index is 610. The predicted molar refractivity (Wildman–Crippen MR) is 89.4 cm³/mol. The summed E-state index contributed by atoms with van der Waals surface area (Å²) in [7, 11) is 0. The average Bonchev–Trinajstić information content (AvgIpc) is 2.43. The molecule has 0 spiro atoms. The number of anilines is 1. The van der Waals surface area contributed by atoms with E-state index < -0.39 is 0 Å². The number of aryl methyl sites for hydroxylation is 3. The van der Waals surface area contributed by atoms with Crippen molar-refractivity contribution in [3.63, 3.8) is 0 Å². The lowest BCUT2D eigenvalue weighted by molar-refractivity contribution is 0.600. The number of hydrogen-bond donors (Lipinski definition) is 1. The molecule has 0 radical (unpaired) electrons. The third kappa shape index (κ3) is 2.62. The second-order valence-corrected chi connectivity index (χ2v) is 6.58. The lowest BCUT2D eigenvalue weighted by atomic mass is 9.87. The van der Waals surface area contributed by atoms with Crippen LogP contribution in [0.5, 0.6) is 0 Å². The highest BCUT2D eigenvalue weighted by Crippen LogP contribution is 2.36. The second kappa shape index (κ2) is 5.61. The van der Waals surface area contributed by atoms with Crippen molar-refractivity contribution < 1.29 is 0 Å². The molecule has 1 aliphatic rings. The van der Waals surface area contributed by atoms with Gasteiger partial charge < -0.3 is 5.32 Å². The van der Waals surface area contributed by atoms with Crippen LogP contribution in [0.2, 0.25) is 0 Å². The Morgan fingerprint density at radius 1 is 1.15 bits per heavy atom. The van der Waals surface area contributed by atoms with Crippen LogP contribution in [0.15, 0.2) is 40.9 Å². The van der Waals surface area contributed by atoms with E-state index in [0.29, 0.717) is 6.04 Å². The molecule has 0 heterocycles. The monoisotopic (exact) mass is 329 g/mol. The first kappa shape index (κ1) is 13.7. The average molecular weight is 330 g/mol. The first-order valence-corrected chi connectivity index (χ1v) is 8.05. The molecule has 0 saturated heterocycles. The van der Waals surface area contributed by atoms with Crippen molar-refractivity contribution in [3.8, 4) is 0 Å². The summed E-state index contributed by atoms with van der Waals surface area (Å²) in [5, 5.41) is 3.75. The molecule has 3 rings (SSSR count). The Morgan fingerprint density at radius 3 is 2.75 bits per heavy atom. The molecule has 1 atom stereocenters. The van der Waals surface area contributed by atoms with Gasteiger partial charge >= 0.3 is 0 Å². The highest BCUT2D eigenvalue weighted by molar-refractivity contribution is 9.10. The van der Waals surface area contributed by atoms with Crippen molar-refractivity contribution in [2.45, 2.75) is 39.2 Å². The van der Waals surface area contributed by atoms with Gasteiger partial charge in [-0.2, -0.15) is 0 Å². The fraction of sp³-hybridized carbons (Fsp3) is 0.333. The largest absolute Gasteiger partial charge is 0.377 e. The molecule has 0 aliphatic heterocycles. The fourth-order valence-corrected chi connectivity index (χ4v) is 3.96. The lowest BCUT2D eigenvalue weighted by Gasteiger charge is -2.28. The maximum Gasteiger partial charge on any atom is 0.0519 e. The quantitative estimate of drug-likeness (QED) is 0.760. The maximum atomic E-state index is 3.75. The van der Waals surface area contributed by atoms with Crippen molar-refractivity contribution in [1.82, 2.24) is 0 Å². The van der Waals surface area contributed by atoms with Crippen molar-refractivity contribution >= 4 is 21.6 Å². The summed E-state index contributed by atoms with van der Waals surface area (Å²) >= 11 is 3.70. The Balaban J connectivity index is 1.94. The van der Waals surface area contributed by atoms with Gasteiger partial charge in [0.2, 0.25) is 0 Å². The molecule has 1 nitrogen and oxygen atoms in total. The van der Waals surface area contributed by atoms with Crippen LogP contribution in [0.25, 0.3) is 0 Å². The third-order valence-corrected chi connectivity index (χ3v) is 4.75. The zero-order valence-corrected chi connectivity index (χ0v) is 13.6. The van der Waals surface area contributed by atoms with E-state index in [9.17, 15) is 0 Å². The molecule has 0 aromatic heterocycles. The highest BCUT2D eigenvalue weighted by atomic mass is 79.9. The van der Waals surface area contributed by atoms with Gasteiger partial charge in [0, 0.05) is 4.47 Å². The minimum Gasteiger partial charge on any atom is -0.377 e. The number of fused-ring (bicyclic) bond motifs is 1. The molecule has 2 aromatic carbocycles. The van der Waals surface area contributed by atoms with E-state index in [4.69, 9.17) is 0 Å². The van der Waals surface area contributed by atoms with Crippen LogP contribution in [0, 0.1) is 13.8 Å². The second-order valence-electron chi connectivity index (χ2n) is 5.73. The van der Waals surface area contributed by atoms with E-state index in [-0.39, 0.29) is 0 Å². The van der Waals surface area contributed by atoms with Crippen molar-refractivity contribution in [2.75, 3.05) is 5.32 Å². The predicted octanol–water partition coefficient (Wildman–Crippen LogP) is 5.56. The van der Waals surface area contributed by atoms with Gasteiger partial charge in [-0.05, 0) is 77.4 Å². The van der Waals surface area contributed by atoms with Gasteiger partial charge in [-0.15, -0.1) is 0 Å². The molecule has 1 N–H and O–H groups in total. The molecule has 104 valence electrons. The van der Waals surface area contributed by atoms with E-state index in [1.807, 2.05) is 0 Å². The van der Waals surface area contributed by atoms with E-state index in [0.717, 1.165) is 4.47 Å². The molecule has 20 heavy (non-hydrogen) atoms. The van der Waals surface area contributed by atoms with Crippen LogP contribution in [-0.2, 0) is 6.42 Å². The topological polar surface area (TPSA) is 12.0 Å². The van der Waals surface area contributed by atoms with Gasteiger partial charge in [-0.25, -0.2) is 0 Å². The molecule has 0 amide bonds. The minimum absolute atomic E-state index is 0.428. The van der Waals surface area contributed by atoms with Gasteiger partial charge in [0.05, 0.1) is 11.7 Å². The summed E-state index contributed by atoms with van der Waals surface area (Å²) in [6, 6.07) is 13.7. The van der Waals surface area contributed by atoms with Crippen molar-refractivity contribution in [1.29, 1.82) is 0 Å². The number of benzene rings is 2. The standard InChI is InChI=1S/C18H20BrN/c1-12-10-13(2)18(16(19)11-12)20-17-9-5-7-14-6-3-4-8-15(14)17/h3-4,6,8,10-11,17,20H,5,7,9H2,1-2H3. The normalized spacial score (nSPS) is 17.6. The van der Waals surface area contributed by atoms with E-state index in [2.05, 4.69) is 71.5 Å². The smallest absolute Gasteiger partial charge is 0.0519 e. The molecule has 2 heteroatoms. The SMILES string of the molecule is Cc1cc(C)c(NC2CCCc3ccccc32)c(Br)c1. The Labute approximate surface area is 129 Å². The lowest BCUT2D eigenvalue weighted by Crippen LogP contribution is -2.18. The Hall–Kier alpha value is -1.28. The summed E-state index contributed by atoms with van der Waals surface area (Å²) in [6.07, 6.45) is 3.68. The fourth-order valence-electron chi connectivity index (χ4n) is 3.18. The number of halogens is 1. The number of hydrogen-bond acceptors (Lipinski definition) is 1. The molecule has 1 unspecified atom stereocenters. The van der Waals surface area contributed by atoms with Gasteiger partial charge in [0.1, 0.15) is 0 Å². The van der Waals surface area contributed by atoms with Crippen molar-refractivity contribution in [2.24, 2.45) is 0 Å². The zero-order valence-electron chi connectivity index (χ0n) is 12.0. The van der Waals surface area contributed by atoms with Crippen LogP contribution in [-0.4, -0.2) is 0 Å². The van der Waals surface area contributed by atoms with Crippen LogP contribution in [0.1, 0.15) is 41.1 Å². The molecule has 1 aliphatic carbocycles. The summed E-state index contributed by atoms with van der Waals surface area (Å²) in [4.78, 5) is 0. The Kier molecular flexibility index (Phi) is 3.84. The first-order chi connectivity index (χ1) is 9.65. The van der Waals surface area contributed by atoms with E-state index >= 15 is 0 Å². The molecular formula is C18H20BrN. The molecule has 0 fully saturated rings. The van der Waals surface area contributed by atoms with E-state index in [1.165, 1.54) is 47.2 Å². The summed E-state index contributed by atoms with van der Waals surface area (Å²) in [6.45, 7) is 4.31. The zero-order chi connectivity index (χ0) is 14.1. The molecule has 2 aromatic rings. The maximum absolute atomic E-state index is 3.75. The van der Waals surface area contributed by atoms with Crippen LogP contribution >= 0.6 is 15.9 Å². The Morgan fingerprint density at radius 2 is 1.95 bits per heavy atom. The first-order valence-electron chi connectivity index (χ1n) is 7.26. The highest BCUT2D eigenvalue weighted by Gasteiger charge is 2.20. The van der Waals surface area contributed by atoms with Crippen LogP contribution in [0.4, 0.5) is 5.69 Å². The van der Waals surface area contributed by atoms with E-state index in [1.54, 1.807) is 0 Å².